The summed E-state index contributed by atoms with van der Waals surface area (Å²) in [5.41, 5.74) is 10.1. The van der Waals surface area contributed by atoms with Crippen LogP contribution >= 0.6 is 11.3 Å². The van der Waals surface area contributed by atoms with E-state index >= 15 is 0 Å². The highest BCUT2D eigenvalue weighted by molar-refractivity contribution is 7.89. The van der Waals surface area contributed by atoms with Crippen molar-refractivity contribution in [3.63, 3.8) is 0 Å². The highest BCUT2D eigenvalue weighted by Crippen LogP contribution is 2.38. The number of nitrogens with zero attached hydrogens (tertiary/aromatic N) is 2. The molecular formula is C26H36N4O4S2. The standard InChI is InChI=1S/C26H36N4O4S2/c1-17(2)36(32,33)30-7-5-18(6-8-30)24-14-28-25-22(24)12-19(13-23(25)26(27)31)20-11-21(35-16-20)15-29(3)9-10-34-4/h11-14,16-18,28H,5-10,15H2,1-4H3,(H2,27,31). The number of H-pyrrole nitrogens is 1. The number of aromatic amines is 1. The monoisotopic (exact) mass is 532 g/mol. The SMILES string of the molecule is COCCN(C)Cc1cc(-c2cc(C(N)=O)c3[nH]cc(C4CCN(S(=O)(=O)C(C)C)CC4)c3c2)cs1. The number of fused-ring (bicyclic) bond motifs is 1. The van der Waals surface area contributed by atoms with Gasteiger partial charge in [0.15, 0.2) is 0 Å². The molecule has 1 aliphatic rings. The molecule has 3 N–H and O–H groups in total. The highest BCUT2D eigenvalue weighted by atomic mass is 32.2. The summed E-state index contributed by atoms with van der Waals surface area (Å²) in [6, 6.07) is 6.16. The number of primary amides is 1. The van der Waals surface area contributed by atoms with Crippen LogP contribution in [0.5, 0.6) is 0 Å². The highest BCUT2D eigenvalue weighted by Gasteiger charge is 2.31. The van der Waals surface area contributed by atoms with Gasteiger partial charge in [-0.05, 0) is 79.9 Å². The Kier molecular flexibility index (Phi) is 8.21. The molecule has 4 rings (SSSR count). The number of hydrogen-bond acceptors (Lipinski definition) is 6. The number of benzene rings is 1. The number of sulfonamides is 1. The van der Waals surface area contributed by atoms with Crippen molar-refractivity contribution < 1.29 is 17.9 Å². The van der Waals surface area contributed by atoms with E-state index in [-0.39, 0.29) is 5.92 Å². The fourth-order valence-electron chi connectivity index (χ4n) is 4.88. The fraction of sp³-hybridized carbons (Fsp3) is 0.500. The number of hydrogen-bond donors (Lipinski definition) is 2. The van der Waals surface area contributed by atoms with Gasteiger partial charge in [-0.3, -0.25) is 9.69 Å². The normalized spacial score (nSPS) is 15.9. The van der Waals surface area contributed by atoms with E-state index < -0.39 is 21.2 Å². The molecule has 1 saturated heterocycles. The summed E-state index contributed by atoms with van der Waals surface area (Å²) in [6.45, 7) is 6.82. The lowest BCUT2D eigenvalue weighted by molar-refractivity contribution is 0.100. The van der Waals surface area contributed by atoms with Crippen LogP contribution in [-0.4, -0.2) is 74.2 Å². The molecule has 0 radical (unpaired) electrons. The van der Waals surface area contributed by atoms with Gasteiger partial charge in [0.1, 0.15) is 0 Å². The van der Waals surface area contributed by atoms with Crippen LogP contribution in [0, 0.1) is 0 Å². The van der Waals surface area contributed by atoms with Gasteiger partial charge < -0.3 is 15.5 Å². The second kappa shape index (κ2) is 11.0. The van der Waals surface area contributed by atoms with Gasteiger partial charge in [-0.15, -0.1) is 11.3 Å². The van der Waals surface area contributed by atoms with Crippen molar-refractivity contribution in [2.24, 2.45) is 5.73 Å². The van der Waals surface area contributed by atoms with Crippen molar-refractivity contribution in [1.29, 1.82) is 0 Å². The molecule has 3 aromatic rings. The quantitative estimate of drug-likeness (QED) is 0.410. The average molecular weight is 533 g/mol. The van der Waals surface area contributed by atoms with Gasteiger partial charge in [0.05, 0.1) is 22.9 Å². The molecule has 8 nitrogen and oxygen atoms in total. The van der Waals surface area contributed by atoms with Crippen LogP contribution in [0.2, 0.25) is 0 Å². The maximum atomic E-state index is 12.6. The number of thiophene rings is 1. The Labute approximate surface area is 217 Å². The lowest BCUT2D eigenvalue weighted by atomic mass is 9.88. The summed E-state index contributed by atoms with van der Waals surface area (Å²) in [6.07, 6.45) is 3.44. The van der Waals surface area contributed by atoms with Crippen molar-refractivity contribution in [3.05, 3.63) is 45.8 Å². The van der Waals surface area contributed by atoms with Gasteiger partial charge in [0.2, 0.25) is 10.0 Å². The first-order valence-corrected chi connectivity index (χ1v) is 14.7. The number of nitrogens with two attached hydrogens (primary N) is 1. The Balaban J connectivity index is 1.62. The van der Waals surface area contributed by atoms with Gasteiger partial charge in [-0.1, -0.05) is 0 Å². The first-order valence-electron chi connectivity index (χ1n) is 12.3. The zero-order valence-corrected chi connectivity index (χ0v) is 23.0. The van der Waals surface area contributed by atoms with Gasteiger partial charge >= 0.3 is 0 Å². The lowest BCUT2D eigenvalue weighted by Crippen LogP contribution is -2.41. The van der Waals surface area contributed by atoms with E-state index in [4.69, 9.17) is 10.5 Å². The minimum Gasteiger partial charge on any atom is -0.383 e. The van der Waals surface area contributed by atoms with Gasteiger partial charge in [-0.2, -0.15) is 0 Å². The summed E-state index contributed by atoms with van der Waals surface area (Å²) in [5.74, 6) is -0.261. The van der Waals surface area contributed by atoms with Gasteiger partial charge in [-0.25, -0.2) is 12.7 Å². The molecule has 1 fully saturated rings. The topological polar surface area (TPSA) is 109 Å². The number of ether oxygens (including phenoxy) is 1. The van der Waals surface area contributed by atoms with Crippen LogP contribution < -0.4 is 5.73 Å². The van der Waals surface area contributed by atoms with Crippen molar-refractivity contribution in [2.75, 3.05) is 40.4 Å². The van der Waals surface area contributed by atoms with Gasteiger partial charge in [0, 0.05) is 49.7 Å². The van der Waals surface area contributed by atoms with E-state index in [1.165, 1.54) is 4.88 Å². The molecule has 196 valence electrons. The minimum atomic E-state index is -3.25. The Hall–Kier alpha value is -2.24. The molecule has 0 atom stereocenters. The molecule has 1 amide bonds. The predicted molar refractivity (Wildman–Crippen MR) is 146 cm³/mol. The lowest BCUT2D eigenvalue weighted by Gasteiger charge is -2.32. The predicted octanol–water partition coefficient (Wildman–Crippen LogP) is 3.99. The molecule has 0 bridgehead atoms. The average Bonchev–Trinajstić information content (AvgIpc) is 3.49. The summed E-state index contributed by atoms with van der Waals surface area (Å²) in [5, 5.41) is 2.68. The molecule has 10 heteroatoms. The molecule has 0 spiro atoms. The zero-order chi connectivity index (χ0) is 26.0. The maximum absolute atomic E-state index is 12.6. The number of amides is 1. The largest absolute Gasteiger partial charge is 0.383 e. The summed E-state index contributed by atoms with van der Waals surface area (Å²) in [7, 11) is 0.521. The van der Waals surface area contributed by atoms with E-state index in [1.807, 2.05) is 12.3 Å². The van der Waals surface area contributed by atoms with E-state index in [9.17, 15) is 13.2 Å². The smallest absolute Gasteiger partial charge is 0.250 e. The molecule has 1 aromatic carbocycles. The third kappa shape index (κ3) is 5.52. The van der Waals surface area contributed by atoms with Crippen LogP contribution in [-0.2, 0) is 21.3 Å². The fourth-order valence-corrected chi connectivity index (χ4v) is 7.17. The Bertz CT molecular complexity index is 1320. The summed E-state index contributed by atoms with van der Waals surface area (Å²) in [4.78, 5) is 19.1. The minimum absolute atomic E-state index is 0.209. The van der Waals surface area contributed by atoms with Gasteiger partial charge in [0.25, 0.3) is 5.91 Å². The molecule has 3 heterocycles. The number of methoxy groups -OCH3 is 1. The molecule has 1 aliphatic heterocycles. The number of aromatic nitrogens is 1. The Morgan fingerprint density at radius 3 is 2.61 bits per heavy atom. The summed E-state index contributed by atoms with van der Waals surface area (Å²) < 4.78 is 32.0. The van der Waals surface area contributed by atoms with Crippen LogP contribution in [0.4, 0.5) is 0 Å². The molecular weight excluding hydrogens is 496 g/mol. The third-order valence-electron chi connectivity index (χ3n) is 7.03. The first kappa shape index (κ1) is 26.8. The zero-order valence-electron chi connectivity index (χ0n) is 21.4. The van der Waals surface area contributed by atoms with Crippen molar-refractivity contribution >= 4 is 38.2 Å². The van der Waals surface area contributed by atoms with Crippen LogP contribution in [0.1, 0.15) is 53.4 Å². The van der Waals surface area contributed by atoms with Crippen LogP contribution in [0.15, 0.2) is 29.8 Å². The number of rotatable bonds is 10. The van der Waals surface area contributed by atoms with E-state index in [1.54, 1.807) is 36.6 Å². The second-order valence-electron chi connectivity index (χ2n) is 9.85. The van der Waals surface area contributed by atoms with Crippen LogP contribution in [0.3, 0.4) is 0 Å². The number of piperidine rings is 1. The Morgan fingerprint density at radius 2 is 1.97 bits per heavy atom. The Morgan fingerprint density at radius 1 is 1.25 bits per heavy atom. The maximum Gasteiger partial charge on any atom is 0.250 e. The number of carbonyl (C=O) groups is 1. The number of likely N-dealkylation sites (N-methyl/N-ethyl adjacent to an activating group) is 1. The molecule has 2 aromatic heterocycles. The van der Waals surface area contributed by atoms with Crippen molar-refractivity contribution in [1.82, 2.24) is 14.2 Å². The third-order valence-corrected chi connectivity index (χ3v) is 10.2. The second-order valence-corrected chi connectivity index (χ2v) is 13.3. The molecule has 0 saturated carbocycles. The number of nitrogens with one attached hydrogen (secondary N) is 1. The molecule has 0 aliphatic carbocycles. The van der Waals surface area contributed by atoms with Crippen molar-refractivity contribution in [2.45, 2.75) is 44.4 Å². The van der Waals surface area contributed by atoms with E-state index in [2.05, 4.69) is 34.4 Å². The summed E-state index contributed by atoms with van der Waals surface area (Å²) >= 11 is 1.70. The number of carbonyl (C=O) groups excluding carboxylic acids is 1. The van der Waals surface area contributed by atoms with Crippen LogP contribution in [0.25, 0.3) is 22.0 Å². The molecule has 0 unspecified atom stereocenters. The van der Waals surface area contributed by atoms with Crippen molar-refractivity contribution in [3.8, 4) is 11.1 Å². The molecule has 36 heavy (non-hydrogen) atoms. The first-order chi connectivity index (χ1) is 17.1. The van der Waals surface area contributed by atoms with E-state index in [0.717, 1.165) is 53.5 Å². The van der Waals surface area contributed by atoms with E-state index in [0.29, 0.717) is 25.3 Å².